The number of nitrogens with zero attached hydrogens (tertiary/aromatic N) is 1. The number of halogens is 1. The van der Waals surface area contributed by atoms with Crippen LogP contribution in [-0.4, -0.2) is 23.4 Å². The largest absolute Gasteiger partial charge is 0.481 e. The number of carboxylic acid groups (broad SMARTS) is 1. The summed E-state index contributed by atoms with van der Waals surface area (Å²) >= 11 is 2.42. The average Bonchev–Trinajstić information content (AvgIpc) is 2.62. The van der Waals surface area contributed by atoms with Gasteiger partial charge in [0, 0.05) is 9.13 Å². The molecule has 0 aliphatic heterocycles. The number of hydrogen-bond donors (Lipinski definition) is 1. The van der Waals surface area contributed by atoms with Gasteiger partial charge in [-0.05, 0) is 89.3 Å². The number of fused-ring (bicyclic) bond motifs is 3. The molecule has 3 rings (SSSR count). The summed E-state index contributed by atoms with van der Waals surface area (Å²) in [5.41, 5.74) is 3.59. The van der Waals surface area contributed by atoms with Gasteiger partial charge in [0.05, 0.1) is 11.1 Å². The molecule has 1 N–H and O–H groups in total. The number of carbonyl (C=O) groups is 1. The third kappa shape index (κ3) is 3.40. The lowest BCUT2D eigenvalue weighted by molar-refractivity contribution is -0.156. The fourth-order valence-electron chi connectivity index (χ4n) is 5.20. The highest BCUT2D eigenvalue weighted by Crippen LogP contribution is 2.57. The van der Waals surface area contributed by atoms with Gasteiger partial charge in [-0.15, -0.1) is 0 Å². The fraction of sp³-hybridized carbons (Fsp3) is 0.565. The van der Waals surface area contributed by atoms with E-state index in [1.807, 2.05) is 6.92 Å². The van der Waals surface area contributed by atoms with Crippen LogP contribution in [0.2, 0.25) is 0 Å². The molecule has 28 heavy (non-hydrogen) atoms. The molecule has 1 fully saturated rings. The molecule has 0 heterocycles. The maximum atomic E-state index is 12.3. The summed E-state index contributed by atoms with van der Waals surface area (Å²) in [6.07, 6.45) is 4.94. The van der Waals surface area contributed by atoms with Crippen molar-refractivity contribution in [3.63, 3.8) is 0 Å². The second kappa shape index (κ2) is 7.81. The van der Waals surface area contributed by atoms with Gasteiger partial charge in [-0.25, -0.2) is 0 Å². The zero-order chi connectivity index (χ0) is 20.7. The zero-order valence-electron chi connectivity index (χ0n) is 17.2. The highest BCUT2D eigenvalue weighted by molar-refractivity contribution is 14.1. The minimum atomic E-state index is -0.758. The molecule has 0 bridgehead atoms. The number of hydrogen-bond acceptors (Lipinski definition) is 3. The molecule has 0 aromatic heterocycles. The molecular weight excluding hydrogens is 465 g/mol. The number of aliphatic carboxylic acids is 1. The lowest BCUT2D eigenvalue weighted by Crippen LogP contribution is -2.53. The molecular formula is C23H30INO3. The van der Waals surface area contributed by atoms with E-state index in [0.717, 1.165) is 24.1 Å². The van der Waals surface area contributed by atoms with Crippen molar-refractivity contribution in [2.24, 2.45) is 16.5 Å². The Morgan fingerprint density at radius 2 is 2.14 bits per heavy atom. The lowest BCUT2D eigenvalue weighted by atomic mass is 9.49. The van der Waals surface area contributed by atoms with Crippen LogP contribution in [0, 0.1) is 14.9 Å². The minimum absolute atomic E-state index is 0.00877. The first-order valence-corrected chi connectivity index (χ1v) is 11.1. The molecule has 2 aliphatic rings. The number of carboxylic acids is 1. The third-order valence-corrected chi connectivity index (χ3v) is 7.80. The Morgan fingerprint density at radius 3 is 2.75 bits per heavy atom. The number of rotatable bonds is 5. The van der Waals surface area contributed by atoms with Crippen molar-refractivity contribution in [1.82, 2.24) is 0 Å². The standard InChI is InChI=1S/C23H30INO3/c1-6-10-28-25-19-13-20-22(4,8-7-9-23(20,5)21(26)27)17-12-18(24)15(14(2)3)11-16(17)19/h6,11-12,14,20H,1,7-10,13H2,2-5H3,(H,26,27)/t20?,22-,23-/m1/s1. The Kier molecular flexibility index (Phi) is 5.95. The highest BCUT2D eigenvalue weighted by Gasteiger charge is 2.56. The predicted molar refractivity (Wildman–Crippen MR) is 121 cm³/mol. The van der Waals surface area contributed by atoms with Gasteiger partial charge < -0.3 is 9.94 Å². The second-order valence-corrected chi connectivity index (χ2v) is 10.1. The van der Waals surface area contributed by atoms with Crippen LogP contribution in [0.1, 0.15) is 76.0 Å². The maximum absolute atomic E-state index is 12.3. The van der Waals surface area contributed by atoms with E-state index in [1.54, 1.807) is 6.08 Å². The van der Waals surface area contributed by atoms with Crippen LogP contribution >= 0.6 is 22.6 Å². The molecule has 1 aromatic rings. The van der Waals surface area contributed by atoms with Gasteiger partial charge in [0.25, 0.3) is 0 Å². The van der Waals surface area contributed by atoms with E-state index in [-0.39, 0.29) is 11.3 Å². The summed E-state index contributed by atoms with van der Waals surface area (Å²) in [7, 11) is 0. The first-order valence-electron chi connectivity index (χ1n) is 10.0. The van der Waals surface area contributed by atoms with Crippen LogP contribution in [0.15, 0.2) is 29.9 Å². The Labute approximate surface area is 181 Å². The second-order valence-electron chi connectivity index (χ2n) is 8.95. The summed E-state index contributed by atoms with van der Waals surface area (Å²) in [5.74, 6) is -0.300. The Balaban J connectivity index is 2.22. The van der Waals surface area contributed by atoms with Crippen LogP contribution in [0.3, 0.4) is 0 Å². The van der Waals surface area contributed by atoms with Crippen molar-refractivity contribution in [3.05, 3.63) is 45.0 Å². The molecule has 1 saturated carbocycles. The summed E-state index contributed by atoms with van der Waals surface area (Å²) in [4.78, 5) is 17.7. The molecule has 0 spiro atoms. The van der Waals surface area contributed by atoms with E-state index >= 15 is 0 Å². The Bertz CT molecular complexity index is 831. The monoisotopic (exact) mass is 495 g/mol. The van der Waals surface area contributed by atoms with Crippen molar-refractivity contribution in [3.8, 4) is 0 Å². The van der Waals surface area contributed by atoms with Crippen molar-refractivity contribution < 1.29 is 14.7 Å². The molecule has 2 aliphatic carbocycles. The molecule has 3 atom stereocenters. The number of benzene rings is 1. The summed E-state index contributed by atoms with van der Waals surface area (Å²) in [5, 5.41) is 14.5. The topological polar surface area (TPSA) is 58.9 Å². The molecule has 0 amide bonds. The van der Waals surface area contributed by atoms with Crippen LogP contribution in [0.4, 0.5) is 0 Å². The van der Waals surface area contributed by atoms with E-state index in [0.29, 0.717) is 25.4 Å². The predicted octanol–water partition coefficient (Wildman–Crippen LogP) is 5.87. The number of oxime groups is 1. The smallest absolute Gasteiger partial charge is 0.309 e. The SMILES string of the molecule is C=CCON=C1CC2[C@](C)(C(=O)O)CCC[C@]2(C)c2cc(I)c(C(C)C)cc21. The van der Waals surface area contributed by atoms with Crippen LogP contribution in [0.25, 0.3) is 0 Å². The Morgan fingerprint density at radius 1 is 1.43 bits per heavy atom. The van der Waals surface area contributed by atoms with Gasteiger partial charge in [0.1, 0.15) is 6.61 Å². The Hall–Kier alpha value is -1.37. The van der Waals surface area contributed by atoms with E-state index in [4.69, 9.17) is 4.84 Å². The average molecular weight is 495 g/mol. The van der Waals surface area contributed by atoms with Crippen LogP contribution < -0.4 is 0 Å². The van der Waals surface area contributed by atoms with E-state index in [9.17, 15) is 9.90 Å². The molecule has 5 heteroatoms. The zero-order valence-corrected chi connectivity index (χ0v) is 19.4. The van der Waals surface area contributed by atoms with Crippen molar-refractivity contribution in [2.45, 2.75) is 64.7 Å². The van der Waals surface area contributed by atoms with Gasteiger partial charge in [-0.1, -0.05) is 45.0 Å². The third-order valence-electron chi connectivity index (χ3n) is 6.87. The van der Waals surface area contributed by atoms with Gasteiger partial charge >= 0.3 is 5.97 Å². The van der Waals surface area contributed by atoms with Gasteiger partial charge in [-0.2, -0.15) is 0 Å². The minimum Gasteiger partial charge on any atom is -0.481 e. The molecule has 0 radical (unpaired) electrons. The molecule has 152 valence electrons. The normalized spacial score (nSPS) is 30.6. The van der Waals surface area contributed by atoms with E-state index < -0.39 is 11.4 Å². The van der Waals surface area contributed by atoms with Gasteiger partial charge in [-0.3, -0.25) is 4.79 Å². The summed E-state index contributed by atoms with van der Waals surface area (Å²) in [6.45, 7) is 12.6. The highest BCUT2D eigenvalue weighted by atomic mass is 127. The van der Waals surface area contributed by atoms with Crippen molar-refractivity contribution in [2.75, 3.05) is 6.61 Å². The summed E-state index contributed by atoms with van der Waals surface area (Å²) < 4.78 is 1.24. The van der Waals surface area contributed by atoms with Gasteiger partial charge in [0.2, 0.25) is 0 Å². The van der Waals surface area contributed by atoms with E-state index in [2.05, 4.69) is 67.2 Å². The molecule has 1 aromatic carbocycles. The molecule has 0 saturated heterocycles. The van der Waals surface area contributed by atoms with Gasteiger partial charge in [0.15, 0.2) is 0 Å². The lowest BCUT2D eigenvalue weighted by Gasteiger charge is -2.53. The van der Waals surface area contributed by atoms with Crippen LogP contribution in [0.5, 0.6) is 0 Å². The van der Waals surface area contributed by atoms with Crippen molar-refractivity contribution >= 4 is 34.3 Å². The molecule has 1 unspecified atom stereocenters. The first-order chi connectivity index (χ1) is 13.1. The van der Waals surface area contributed by atoms with Crippen LogP contribution in [-0.2, 0) is 15.0 Å². The summed E-state index contributed by atoms with van der Waals surface area (Å²) in [6, 6.07) is 4.53. The quantitative estimate of drug-likeness (QED) is 0.241. The first kappa shape index (κ1) is 21.3. The van der Waals surface area contributed by atoms with Crippen molar-refractivity contribution in [1.29, 1.82) is 0 Å². The maximum Gasteiger partial charge on any atom is 0.309 e. The fourth-order valence-corrected chi connectivity index (χ4v) is 6.29. The molecule has 4 nitrogen and oxygen atoms in total. The van der Waals surface area contributed by atoms with E-state index in [1.165, 1.54) is 14.7 Å².